The lowest BCUT2D eigenvalue weighted by atomic mass is 10.3. The van der Waals surface area contributed by atoms with Gasteiger partial charge in [-0.2, -0.15) is 0 Å². The van der Waals surface area contributed by atoms with Crippen LogP contribution in [0.25, 0.3) is 0 Å². The largest absolute Gasteiger partial charge is 0.289 e. The minimum Gasteiger partial charge on any atom is -0.289 e. The van der Waals surface area contributed by atoms with Gasteiger partial charge in [0.05, 0.1) is 10.7 Å². The SMILES string of the molecule is O=S(O)Nc1ccc(F)cc1Cl. The van der Waals surface area contributed by atoms with Crippen LogP contribution in [0.5, 0.6) is 0 Å². The summed E-state index contributed by atoms with van der Waals surface area (Å²) in [6, 6.07) is 3.48. The van der Waals surface area contributed by atoms with E-state index in [1.807, 2.05) is 0 Å². The second-order valence-electron chi connectivity index (χ2n) is 1.98. The van der Waals surface area contributed by atoms with Crippen LogP contribution in [0, 0.1) is 5.82 Å². The third kappa shape index (κ3) is 2.44. The monoisotopic (exact) mass is 209 g/mol. The fourth-order valence-corrected chi connectivity index (χ4v) is 1.30. The van der Waals surface area contributed by atoms with Gasteiger partial charge < -0.3 is 0 Å². The van der Waals surface area contributed by atoms with Crippen LogP contribution >= 0.6 is 11.6 Å². The Morgan fingerprint density at radius 3 is 2.75 bits per heavy atom. The van der Waals surface area contributed by atoms with Gasteiger partial charge in [-0.3, -0.25) is 9.27 Å². The Hall–Kier alpha value is -0.650. The van der Waals surface area contributed by atoms with Gasteiger partial charge >= 0.3 is 0 Å². The predicted octanol–water partition coefficient (Wildman–Crippen LogP) is 2.03. The highest BCUT2D eigenvalue weighted by atomic mass is 35.5. The van der Waals surface area contributed by atoms with E-state index in [1.165, 1.54) is 6.07 Å². The number of hydrogen-bond acceptors (Lipinski definition) is 1. The molecular formula is C6H5ClFNO2S. The molecule has 0 aromatic heterocycles. The molecule has 0 aliphatic carbocycles. The third-order valence-corrected chi connectivity index (χ3v) is 1.84. The molecule has 0 fully saturated rings. The fourth-order valence-electron chi connectivity index (χ4n) is 0.666. The quantitative estimate of drug-likeness (QED) is 0.733. The first-order chi connectivity index (χ1) is 5.59. The Bertz CT molecular complexity index is 320. The van der Waals surface area contributed by atoms with Crippen molar-refractivity contribution in [3.8, 4) is 0 Å². The molecule has 2 N–H and O–H groups in total. The number of benzene rings is 1. The van der Waals surface area contributed by atoms with Crippen LogP contribution in [-0.2, 0) is 11.3 Å². The number of halogens is 2. The molecule has 0 aliphatic heterocycles. The van der Waals surface area contributed by atoms with Crippen molar-refractivity contribution in [2.24, 2.45) is 0 Å². The van der Waals surface area contributed by atoms with Crippen LogP contribution in [0.2, 0.25) is 5.02 Å². The van der Waals surface area contributed by atoms with Crippen LogP contribution in [0.1, 0.15) is 0 Å². The van der Waals surface area contributed by atoms with Crippen LogP contribution in [0.4, 0.5) is 10.1 Å². The lowest BCUT2D eigenvalue weighted by Gasteiger charge is -2.02. The fraction of sp³-hybridized carbons (Fsp3) is 0. The Kier molecular flexibility index (Phi) is 3.02. The van der Waals surface area contributed by atoms with Gasteiger partial charge in [0.2, 0.25) is 0 Å². The van der Waals surface area contributed by atoms with E-state index in [0.717, 1.165) is 12.1 Å². The number of hydrogen-bond donors (Lipinski definition) is 2. The van der Waals surface area contributed by atoms with Gasteiger partial charge in [0.15, 0.2) is 0 Å². The van der Waals surface area contributed by atoms with Gasteiger partial charge in [0.1, 0.15) is 5.82 Å². The molecule has 0 saturated heterocycles. The molecule has 0 saturated carbocycles. The van der Waals surface area contributed by atoms with Crippen molar-refractivity contribution in [1.82, 2.24) is 0 Å². The highest BCUT2D eigenvalue weighted by Crippen LogP contribution is 2.22. The molecule has 66 valence electrons. The standard InChI is InChI=1S/C6H5ClFNO2S/c7-5-3-4(8)1-2-6(5)9-12(10)11/h1-3,9H,(H,10,11). The molecule has 0 spiro atoms. The minimum absolute atomic E-state index is 0.0670. The van der Waals surface area contributed by atoms with E-state index in [2.05, 4.69) is 4.72 Å². The molecule has 12 heavy (non-hydrogen) atoms. The van der Waals surface area contributed by atoms with Gasteiger partial charge in [-0.1, -0.05) is 11.6 Å². The summed E-state index contributed by atoms with van der Waals surface area (Å²) in [4.78, 5) is 0. The first kappa shape index (κ1) is 9.44. The summed E-state index contributed by atoms with van der Waals surface area (Å²) >= 11 is 3.34. The highest BCUT2D eigenvalue weighted by molar-refractivity contribution is 7.80. The molecule has 3 nitrogen and oxygen atoms in total. The molecule has 1 aromatic carbocycles. The van der Waals surface area contributed by atoms with Crippen molar-refractivity contribution in [3.63, 3.8) is 0 Å². The van der Waals surface area contributed by atoms with E-state index in [-0.39, 0.29) is 10.7 Å². The molecule has 1 rings (SSSR count). The second-order valence-corrected chi connectivity index (χ2v) is 3.09. The van der Waals surface area contributed by atoms with E-state index >= 15 is 0 Å². The number of rotatable bonds is 2. The normalized spacial score (nSPS) is 12.6. The van der Waals surface area contributed by atoms with Gasteiger partial charge in [-0.05, 0) is 18.2 Å². The molecule has 0 aliphatic rings. The molecular weight excluding hydrogens is 205 g/mol. The number of anilines is 1. The maximum absolute atomic E-state index is 12.4. The molecule has 0 bridgehead atoms. The molecule has 1 aromatic rings. The zero-order valence-corrected chi connectivity index (χ0v) is 7.32. The first-order valence-corrected chi connectivity index (χ1v) is 4.40. The molecule has 0 amide bonds. The van der Waals surface area contributed by atoms with Crippen molar-refractivity contribution in [2.45, 2.75) is 0 Å². The van der Waals surface area contributed by atoms with Crippen molar-refractivity contribution in [3.05, 3.63) is 29.0 Å². The zero-order chi connectivity index (χ0) is 9.14. The van der Waals surface area contributed by atoms with E-state index in [4.69, 9.17) is 16.2 Å². The summed E-state index contributed by atoms with van der Waals surface area (Å²) in [7, 11) is 0. The Morgan fingerprint density at radius 2 is 2.25 bits per heavy atom. The van der Waals surface area contributed by atoms with E-state index in [9.17, 15) is 8.60 Å². The lowest BCUT2D eigenvalue weighted by molar-refractivity contribution is 0.570. The molecule has 1 unspecified atom stereocenters. The summed E-state index contributed by atoms with van der Waals surface area (Å²) in [5.74, 6) is -0.491. The lowest BCUT2D eigenvalue weighted by Crippen LogP contribution is -2.02. The van der Waals surface area contributed by atoms with E-state index < -0.39 is 17.1 Å². The highest BCUT2D eigenvalue weighted by Gasteiger charge is 2.02. The average Bonchev–Trinajstić information content (AvgIpc) is 1.94. The maximum atomic E-state index is 12.4. The minimum atomic E-state index is -2.19. The Labute approximate surface area is 76.0 Å². The second kappa shape index (κ2) is 3.84. The van der Waals surface area contributed by atoms with E-state index in [1.54, 1.807) is 0 Å². The summed E-state index contributed by atoms with van der Waals surface area (Å²) in [5, 5.41) is 0.0670. The summed E-state index contributed by atoms with van der Waals surface area (Å²) in [6.07, 6.45) is 0. The van der Waals surface area contributed by atoms with Gasteiger partial charge in [-0.25, -0.2) is 8.60 Å². The van der Waals surface area contributed by atoms with Crippen LogP contribution < -0.4 is 4.72 Å². The summed E-state index contributed by atoms with van der Waals surface area (Å²) in [6.45, 7) is 0. The number of nitrogens with one attached hydrogen (secondary N) is 1. The molecule has 1 atom stereocenters. The smallest absolute Gasteiger partial charge is 0.259 e. The van der Waals surface area contributed by atoms with E-state index in [0.29, 0.717) is 0 Å². The first-order valence-electron chi connectivity index (χ1n) is 2.92. The average molecular weight is 210 g/mol. The van der Waals surface area contributed by atoms with Crippen molar-refractivity contribution < 1.29 is 13.2 Å². The molecule has 6 heteroatoms. The van der Waals surface area contributed by atoms with Crippen molar-refractivity contribution >= 4 is 28.6 Å². The topological polar surface area (TPSA) is 49.3 Å². The zero-order valence-electron chi connectivity index (χ0n) is 5.75. The summed E-state index contributed by atoms with van der Waals surface area (Å²) < 4.78 is 33.2. The van der Waals surface area contributed by atoms with Crippen LogP contribution in [0.3, 0.4) is 0 Å². The van der Waals surface area contributed by atoms with Gasteiger partial charge in [0.25, 0.3) is 11.3 Å². The maximum Gasteiger partial charge on any atom is 0.259 e. The molecule has 0 radical (unpaired) electrons. The van der Waals surface area contributed by atoms with Crippen molar-refractivity contribution in [1.29, 1.82) is 0 Å². The summed E-state index contributed by atoms with van der Waals surface area (Å²) in [5.41, 5.74) is 0.221. The Balaban J connectivity index is 2.93. The molecule has 0 heterocycles. The predicted molar refractivity (Wildman–Crippen MR) is 45.8 cm³/mol. The third-order valence-electron chi connectivity index (χ3n) is 1.13. The van der Waals surface area contributed by atoms with Crippen LogP contribution in [-0.4, -0.2) is 8.76 Å². The van der Waals surface area contributed by atoms with Gasteiger partial charge in [-0.15, -0.1) is 0 Å². The van der Waals surface area contributed by atoms with Crippen molar-refractivity contribution in [2.75, 3.05) is 4.72 Å². The van der Waals surface area contributed by atoms with Gasteiger partial charge in [0, 0.05) is 0 Å². The van der Waals surface area contributed by atoms with Crippen LogP contribution in [0.15, 0.2) is 18.2 Å². The Morgan fingerprint density at radius 1 is 1.58 bits per heavy atom.